The molecule has 12 heteroatoms. The molecule has 4 N–H and O–H groups in total. The number of carbonyl (C=O) groups is 2. The molecule has 1 aromatic heterocycles. The van der Waals surface area contributed by atoms with Crippen LogP contribution in [0.4, 0.5) is 4.39 Å². The standard InChI is InChI=1S/C17H24FN3O8/c1-4-10(22)19-11(7(2)3)16(26)28-6-9-12(23)13(24)15(29-9)21-5-8(18)14(25)20-17(21)27/h5,7,9,11-13,15,23-24H,4,6H2,1-3H3,(H,19,22)(H,20,25,27)/t9-,11+,12-,13-,15-/m1/s1. The maximum atomic E-state index is 13.5. The van der Waals surface area contributed by atoms with Gasteiger partial charge in [0.1, 0.15) is 31.0 Å². The fraction of sp³-hybridized carbons (Fsp3) is 0.647. The smallest absolute Gasteiger partial charge is 0.330 e. The Bertz CT molecular complexity index is 867. The number of nitrogens with one attached hydrogen (secondary N) is 2. The molecule has 1 aromatic rings. The molecule has 1 aliphatic rings. The molecular formula is C17H24FN3O8. The highest BCUT2D eigenvalue weighted by Gasteiger charge is 2.45. The van der Waals surface area contributed by atoms with Crippen molar-refractivity contribution in [2.24, 2.45) is 5.92 Å². The van der Waals surface area contributed by atoms with Gasteiger partial charge in [-0.15, -0.1) is 0 Å². The Morgan fingerprint density at radius 3 is 2.59 bits per heavy atom. The van der Waals surface area contributed by atoms with Crippen molar-refractivity contribution in [2.75, 3.05) is 6.61 Å². The van der Waals surface area contributed by atoms with E-state index in [2.05, 4.69) is 5.32 Å². The van der Waals surface area contributed by atoms with E-state index >= 15 is 0 Å². The number of carbonyl (C=O) groups excluding carboxylic acids is 2. The van der Waals surface area contributed by atoms with Crippen LogP contribution in [0.25, 0.3) is 0 Å². The van der Waals surface area contributed by atoms with Crippen molar-refractivity contribution in [3.05, 3.63) is 32.9 Å². The molecular weight excluding hydrogens is 393 g/mol. The van der Waals surface area contributed by atoms with Gasteiger partial charge in [0, 0.05) is 6.42 Å². The van der Waals surface area contributed by atoms with Gasteiger partial charge in [0.25, 0.3) is 5.56 Å². The van der Waals surface area contributed by atoms with Gasteiger partial charge in [-0.2, -0.15) is 4.39 Å². The first-order valence-corrected chi connectivity index (χ1v) is 9.05. The molecule has 162 valence electrons. The zero-order valence-corrected chi connectivity index (χ0v) is 16.1. The lowest BCUT2D eigenvalue weighted by Gasteiger charge is -2.22. The van der Waals surface area contributed by atoms with Gasteiger partial charge in [-0.1, -0.05) is 20.8 Å². The number of nitrogens with zero attached hydrogens (tertiary/aromatic N) is 1. The minimum absolute atomic E-state index is 0.180. The Morgan fingerprint density at radius 2 is 2.00 bits per heavy atom. The number of ether oxygens (including phenoxy) is 2. The summed E-state index contributed by atoms with van der Waals surface area (Å²) in [4.78, 5) is 48.5. The predicted octanol–water partition coefficient (Wildman–Crippen LogP) is -1.61. The third kappa shape index (κ3) is 5.08. The summed E-state index contributed by atoms with van der Waals surface area (Å²) in [6, 6.07) is -0.919. The predicted molar refractivity (Wildman–Crippen MR) is 95.2 cm³/mol. The van der Waals surface area contributed by atoms with Crippen LogP contribution in [0.2, 0.25) is 0 Å². The summed E-state index contributed by atoms with van der Waals surface area (Å²) in [5.74, 6) is -2.65. The van der Waals surface area contributed by atoms with E-state index in [1.54, 1.807) is 25.8 Å². The molecule has 1 saturated heterocycles. The van der Waals surface area contributed by atoms with E-state index in [0.29, 0.717) is 10.8 Å². The normalized spacial score (nSPS) is 25.1. The summed E-state index contributed by atoms with van der Waals surface area (Å²) in [6.45, 7) is 4.56. The lowest BCUT2D eigenvalue weighted by atomic mass is 10.0. The van der Waals surface area contributed by atoms with Crippen LogP contribution < -0.4 is 16.6 Å². The van der Waals surface area contributed by atoms with Gasteiger partial charge in [0.2, 0.25) is 11.7 Å². The highest BCUT2D eigenvalue weighted by molar-refractivity contribution is 5.84. The SMILES string of the molecule is CCC(=O)N[C@H](C(=O)OC[C@H]1O[C@@H](n2cc(F)c(=O)[nH]c2=O)[C@H](O)[C@@H]1O)C(C)C. The second-order valence-corrected chi connectivity index (χ2v) is 6.96. The zero-order valence-electron chi connectivity index (χ0n) is 16.1. The third-order valence-electron chi connectivity index (χ3n) is 4.48. The maximum Gasteiger partial charge on any atom is 0.330 e. The number of halogens is 1. The Balaban J connectivity index is 2.08. The lowest BCUT2D eigenvalue weighted by Crippen LogP contribution is -2.46. The molecule has 0 radical (unpaired) electrons. The van der Waals surface area contributed by atoms with E-state index in [1.807, 2.05) is 0 Å². The van der Waals surface area contributed by atoms with Gasteiger partial charge in [-0.25, -0.2) is 9.59 Å². The number of aromatic nitrogens is 2. The summed E-state index contributed by atoms with van der Waals surface area (Å²) in [5, 5.41) is 22.8. The molecule has 2 heterocycles. The van der Waals surface area contributed by atoms with Crippen molar-refractivity contribution in [2.45, 2.75) is 57.8 Å². The minimum Gasteiger partial charge on any atom is -0.461 e. The molecule has 11 nitrogen and oxygen atoms in total. The largest absolute Gasteiger partial charge is 0.461 e. The van der Waals surface area contributed by atoms with Gasteiger partial charge in [-0.3, -0.25) is 19.1 Å². The molecule has 0 unspecified atom stereocenters. The number of amides is 1. The van der Waals surface area contributed by atoms with Gasteiger partial charge in [0.15, 0.2) is 6.23 Å². The van der Waals surface area contributed by atoms with Crippen LogP contribution in [0.3, 0.4) is 0 Å². The van der Waals surface area contributed by atoms with Crippen LogP contribution in [0.5, 0.6) is 0 Å². The number of aliphatic hydroxyl groups excluding tert-OH is 2. The molecule has 0 saturated carbocycles. The van der Waals surface area contributed by atoms with Crippen LogP contribution in [0.1, 0.15) is 33.4 Å². The average molecular weight is 417 g/mol. The summed E-state index contributed by atoms with van der Waals surface area (Å²) in [5.41, 5.74) is -2.29. The molecule has 0 aliphatic carbocycles. The fourth-order valence-electron chi connectivity index (χ4n) is 2.77. The van der Waals surface area contributed by atoms with Gasteiger partial charge >= 0.3 is 11.7 Å². The van der Waals surface area contributed by atoms with Crippen LogP contribution in [-0.4, -0.2) is 62.6 Å². The van der Waals surface area contributed by atoms with Gasteiger partial charge in [-0.05, 0) is 5.92 Å². The monoisotopic (exact) mass is 417 g/mol. The Labute approximate surface area is 164 Å². The van der Waals surface area contributed by atoms with E-state index in [1.165, 1.54) is 0 Å². The van der Waals surface area contributed by atoms with Gasteiger partial charge < -0.3 is 25.0 Å². The summed E-state index contributed by atoms with van der Waals surface area (Å²) in [7, 11) is 0. The molecule has 1 amide bonds. The van der Waals surface area contributed by atoms with Crippen LogP contribution in [0, 0.1) is 11.7 Å². The van der Waals surface area contributed by atoms with Crippen LogP contribution in [0.15, 0.2) is 15.8 Å². The molecule has 0 bridgehead atoms. The number of aromatic amines is 1. The van der Waals surface area contributed by atoms with E-state index in [-0.39, 0.29) is 18.2 Å². The lowest BCUT2D eigenvalue weighted by molar-refractivity contribution is -0.155. The summed E-state index contributed by atoms with van der Waals surface area (Å²) >= 11 is 0. The number of aliphatic hydroxyl groups is 2. The molecule has 29 heavy (non-hydrogen) atoms. The molecule has 0 spiro atoms. The summed E-state index contributed by atoms with van der Waals surface area (Å²) < 4.78 is 24.5. The third-order valence-corrected chi connectivity index (χ3v) is 4.48. The molecule has 1 aliphatic heterocycles. The quantitative estimate of drug-likeness (QED) is 0.386. The number of rotatable bonds is 7. The van der Waals surface area contributed by atoms with Gasteiger partial charge in [0.05, 0.1) is 6.20 Å². The van der Waals surface area contributed by atoms with Crippen LogP contribution >= 0.6 is 0 Å². The number of esters is 1. The van der Waals surface area contributed by atoms with Crippen molar-refractivity contribution in [3.8, 4) is 0 Å². The first kappa shape index (κ1) is 22.7. The first-order valence-electron chi connectivity index (χ1n) is 9.05. The fourth-order valence-corrected chi connectivity index (χ4v) is 2.77. The number of hydrogen-bond donors (Lipinski definition) is 4. The van der Waals surface area contributed by atoms with Crippen molar-refractivity contribution in [1.29, 1.82) is 0 Å². The maximum absolute atomic E-state index is 13.5. The highest BCUT2D eigenvalue weighted by Crippen LogP contribution is 2.28. The van der Waals surface area contributed by atoms with E-state index in [0.717, 1.165) is 0 Å². The Hall–Kier alpha value is -2.57. The molecule has 1 fully saturated rings. The van der Waals surface area contributed by atoms with E-state index in [4.69, 9.17) is 9.47 Å². The van der Waals surface area contributed by atoms with Crippen molar-refractivity contribution in [3.63, 3.8) is 0 Å². The number of H-pyrrole nitrogens is 1. The van der Waals surface area contributed by atoms with Crippen molar-refractivity contribution in [1.82, 2.24) is 14.9 Å². The second kappa shape index (κ2) is 9.29. The van der Waals surface area contributed by atoms with Crippen molar-refractivity contribution < 1.29 is 33.7 Å². The molecule has 2 rings (SSSR count). The van der Waals surface area contributed by atoms with Crippen molar-refractivity contribution >= 4 is 11.9 Å². The first-order chi connectivity index (χ1) is 13.6. The number of hydrogen-bond acceptors (Lipinski definition) is 8. The van der Waals surface area contributed by atoms with E-state index in [9.17, 15) is 33.8 Å². The Morgan fingerprint density at radius 1 is 1.34 bits per heavy atom. The topological polar surface area (TPSA) is 160 Å². The summed E-state index contributed by atoms with van der Waals surface area (Å²) in [6.07, 6.45) is -5.21. The van der Waals surface area contributed by atoms with E-state index < -0.39 is 60.2 Å². The molecule has 0 aromatic carbocycles. The highest BCUT2D eigenvalue weighted by atomic mass is 19.1. The van der Waals surface area contributed by atoms with Crippen LogP contribution in [-0.2, 0) is 19.1 Å². The minimum atomic E-state index is -1.65. The Kier molecular flexibility index (Phi) is 7.27. The molecule has 5 atom stereocenters. The average Bonchev–Trinajstić information content (AvgIpc) is 2.94. The second-order valence-electron chi connectivity index (χ2n) is 6.96. The zero-order chi connectivity index (χ0) is 21.9.